The summed E-state index contributed by atoms with van der Waals surface area (Å²) < 4.78 is 1.84. The van der Waals surface area contributed by atoms with Crippen LogP contribution in [-0.4, -0.2) is 58.7 Å². The monoisotopic (exact) mass is 471 g/mol. The number of piperidine rings is 1. The molecule has 0 aliphatic carbocycles. The van der Waals surface area contributed by atoms with E-state index in [4.69, 9.17) is 5.10 Å². The summed E-state index contributed by atoms with van der Waals surface area (Å²) in [6.07, 6.45) is 7.97. The zero-order chi connectivity index (χ0) is 24.5. The molecule has 2 N–H and O–H groups in total. The van der Waals surface area contributed by atoms with E-state index in [1.165, 1.54) is 0 Å². The summed E-state index contributed by atoms with van der Waals surface area (Å²) in [5.74, 6) is -0.0434. The van der Waals surface area contributed by atoms with Crippen molar-refractivity contribution in [3.63, 3.8) is 0 Å². The molecule has 7 heteroatoms. The summed E-state index contributed by atoms with van der Waals surface area (Å²) in [7, 11) is 0. The van der Waals surface area contributed by atoms with Crippen molar-refractivity contribution in [2.75, 3.05) is 26.2 Å². The number of hydrogen-bond acceptors (Lipinski definition) is 4. The molecule has 0 unspecified atom stereocenters. The van der Waals surface area contributed by atoms with E-state index in [0.717, 1.165) is 54.9 Å². The number of carbonyl (C=O) groups excluding carboxylic acids is 2. The highest BCUT2D eigenvalue weighted by Gasteiger charge is 2.21. The van der Waals surface area contributed by atoms with E-state index < -0.39 is 0 Å². The van der Waals surface area contributed by atoms with E-state index in [2.05, 4.69) is 15.5 Å². The Hall–Kier alpha value is -3.71. The maximum Gasteiger partial charge on any atom is 0.244 e. The lowest BCUT2D eigenvalue weighted by Gasteiger charge is -2.31. The molecule has 2 aromatic carbocycles. The summed E-state index contributed by atoms with van der Waals surface area (Å²) >= 11 is 0. The summed E-state index contributed by atoms with van der Waals surface area (Å²) in [5, 5.41) is 10.8. The van der Waals surface area contributed by atoms with Crippen molar-refractivity contribution in [3.05, 3.63) is 78.5 Å². The first-order chi connectivity index (χ1) is 17.1. The van der Waals surface area contributed by atoms with Gasteiger partial charge in [0.1, 0.15) is 0 Å². The number of rotatable bonds is 9. The van der Waals surface area contributed by atoms with Gasteiger partial charge in [-0.05, 0) is 37.5 Å². The van der Waals surface area contributed by atoms with Crippen molar-refractivity contribution in [1.82, 2.24) is 25.3 Å². The van der Waals surface area contributed by atoms with Gasteiger partial charge in [0.15, 0.2) is 0 Å². The average molecular weight is 472 g/mol. The minimum absolute atomic E-state index is 0.0718. The molecule has 2 heterocycles. The molecular weight excluding hydrogens is 438 g/mol. The number of para-hydroxylation sites is 1. The van der Waals surface area contributed by atoms with Crippen LogP contribution in [0.5, 0.6) is 0 Å². The van der Waals surface area contributed by atoms with Crippen molar-refractivity contribution in [2.45, 2.75) is 32.2 Å². The van der Waals surface area contributed by atoms with Crippen LogP contribution in [0.4, 0.5) is 0 Å². The lowest BCUT2D eigenvalue weighted by atomic mass is 10.0. The van der Waals surface area contributed by atoms with Crippen LogP contribution in [0.3, 0.4) is 0 Å². The van der Waals surface area contributed by atoms with Crippen LogP contribution in [-0.2, 0) is 9.59 Å². The van der Waals surface area contributed by atoms with Gasteiger partial charge >= 0.3 is 0 Å². The topological polar surface area (TPSA) is 79.3 Å². The van der Waals surface area contributed by atoms with Crippen LogP contribution in [0.2, 0.25) is 0 Å². The molecule has 1 aromatic heterocycles. The fourth-order valence-electron chi connectivity index (χ4n) is 4.22. The molecule has 35 heavy (non-hydrogen) atoms. The van der Waals surface area contributed by atoms with Gasteiger partial charge in [0.25, 0.3) is 0 Å². The van der Waals surface area contributed by atoms with Gasteiger partial charge in [-0.2, -0.15) is 5.10 Å². The third kappa shape index (κ3) is 6.90. The minimum Gasteiger partial charge on any atom is -0.355 e. The number of likely N-dealkylation sites (tertiary alicyclic amines) is 1. The van der Waals surface area contributed by atoms with Gasteiger partial charge in [-0.1, -0.05) is 55.5 Å². The fraction of sp³-hybridized carbons (Fsp3) is 0.321. The Morgan fingerprint density at radius 3 is 2.40 bits per heavy atom. The normalized spacial score (nSPS) is 14.8. The first-order valence-corrected chi connectivity index (χ1v) is 12.3. The van der Waals surface area contributed by atoms with Crippen LogP contribution in [0, 0.1) is 0 Å². The highest BCUT2D eigenvalue weighted by Crippen LogP contribution is 2.24. The van der Waals surface area contributed by atoms with Gasteiger partial charge in [-0.25, -0.2) is 4.68 Å². The van der Waals surface area contributed by atoms with Crippen molar-refractivity contribution in [3.8, 4) is 16.9 Å². The standard InChI is InChI=1S/C28H33N5O2/c1-2-17-29-27(35)21-32-18-15-24(16-19-32)30-26(34)14-13-23-20-33(25-11-7-4-8-12-25)31-28(23)22-9-5-3-6-10-22/h3-14,20,24H,2,15-19,21H2,1H3,(H,29,35)(H,30,34)/b14-13+. The predicted octanol–water partition coefficient (Wildman–Crippen LogP) is 3.66. The van der Waals surface area contributed by atoms with E-state index in [1.54, 1.807) is 6.08 Å². The van der Waals surface area contributed by atoms with Gasteiger partial charge in [0, 0.05) is 49.1 Å². The van der Waals surface area contributed by atoms with Crippen LogP contribution in [0.1, 0.15) is 31.7 Å². The molecule has 1 aliphatic rings. The smallest absolute Gasteiger partial charge is 0.244 e. The second kappa shape index (κ2) is 12.1. The first-order valence-electron chi connectivity index (χ1n) is 12.3. The Balaban J connectivity index is 1.37. The summed E-state index contributed by atoms with van der Waals surface area (Å²) in [6, 6.07) is 20.0. The molecule has 0 atom stereocenters. The Kier molecular flexibility index (Phi) is 8.46. The molecule has 0 spiro atoms. The lowest BCUT2D eigenvalue weighted by Crippen LogP contribution is -2.47. The zero-order valence-electron chi connectivity index (χ0n) is 20.2. The molecular formula is C28H33N5O2. The fourth-order valence-corrected chi connectivity index (χ4v) is 4.22. The second-order valence-corrected chi connectivity index (χ2v) is 8.82. The third-order valence-corrected chi connectivity index (χ3v) is 6.10. The maximum absolute atomic E-state index is 12.7. The van der Waals surface area contributed by atoms with Gasteiger partial charge in [0.05, 0.1) is 17.9 Å². The Bertz CT molecular complexity index is 1130. The number of nitrogens with one attached hydrogen (secondary N) is 2. The second-order valence-electron chi connectivity index (χ2n) is 8.82. The summed E-state index contributed by atoms with van der Waals surface area (Å²) in [6.45, 7) is 4.79. The molecule has 7 nitrogen and oxygen atoms in total. The van der Waals surface area contributed by atoms with E-state index >= 15 is 0 Å². The molecule has 182 valence electrons. The quantitative estimate of drug-likeness (QED) is 0.467. The van der Waals surface area contributed by atoms with Gasteiger partial charge in [-0.3, -0.25) is 14.5 Å². The number of aromatic nitrogens is 2. The minimum atomic E-state index is -0.115. The Labute approximate surface area is 206 Å². The SMILES string of the molecule is CCCNC(=O)CN1CCC(NC(=O)/C=C/c2cn(-c3ccccc3)nc2-c2ccccc2)CC1. The number of nitrogens with zero attached hydrogens (tertiary/aromatic N) is 3. The van der Waals surface area contributed by atoms with Gasteiger partial charge in [0.2, 0.25) is 11.8 Å². The van der Waals surface area contributed by atoms with E-state index in [0.29, 0.717) is 13.1 Å². The van der Waals surface area contributed by atoms with Crippen molar-refractivity contribution >= 4 is 17.9 Å². The number of amides is 2. The average Bonchev–Trinajstić information content (AvgIpc) is 3.33. The molecule has 0 radical (unpaired) electrons. The van der Waals surface area contributed by atoms with Gasteiger partial charge in [-0.15, -0.1) is 0 Å². The molecule has 1 saturated heterocycles. The lowest BCUT2D eigenvalue weighted by molar-refractivity contribution is -0.123. The maximum atomic E-state index is 12.7. The zero-order valence-corrected chi connectivity index (χ0v) is 20.2. The van der Waals surface area contributed by atoms with Crippen molar-refractivity contribution < 1.29 is 9.59 Å². The van der Waals surface area contributed by atoms with Crippen LogP contribution in [0.15, 0.2) is 72.9 Å². The largest absolute Gasteiger partial charge is 0.355 e. The predicted molar refractivity (Wildman–Crippen MR) is 139 cm³/mol. The van der Waals surface area contributed by atoms with Gasteiger partial charge < -0.3 is 10.6 Å². The highest BCUT2D eigenvalue weighted by molar-refractivity contribution is 5.93. The molecule has 0 bridgehead atoms. The molecule has 1 fully saturated rings. The van der Waals surface area contributed by atoms with E-state index in [9.17, 15) is 9.59 Å². The molecule has 3 aromatic rings. The van der Waals surface area contributed by atoms with Crippen LogP contribution < -0.4 is 10.6 Å². The first kappa shape index (κ1) is 24.4. The summed E-state index contributed by atoms with van der Waals surface area (Å²) in [5.41, 5.74) is 3.66. The Morgan fingerprint density at radius 2 is 1.71 bits per heavy atom. The van der Waals surface area contributed by atoms with Crippen LogP contribution in [0.25, 0.3) is 23.0 Å². The van der Waals surface area contributed by atoms with Crippen molar-refractivity contribution in [1.29, 1.82) is 0 Å². The summed E-state index contributed by atoms with van der Waals surface area (Å²) in [4.78, 5) is 26.8. The Morgan fingerprint density at radius 1 is 1.03 bits per heavy atom. The number of hydrogen-bond donors (Lipinski definition) is 2. The number of benzene rings is 2. The molecule has 1 aliphatic heterocycles. The molecule has 2 amide bonds. The van der Waals surface area contributed by atoms with E-state index in [-0.39, 0.29) is 17.9 Å². The van der Waals surface area contributed by atoms with Crippen molar-refractivity contribution in [2.24, 2.45) is 0 Å². The van der Waals surface area contributed by atoms with Crippen LogP contribution >= 0.6 is 0 Å². The number of carbonyl (C=O) groups is 2. The van der Waals surface area contributed by atoms with E-state index in [1.807, 2.05) is 84.5 Å². The highest BCUT2D eigenvalue weighted by atomic mass is 16.2. The molecule has 4 rings (SSSR count). The molecule has 0 saturated carbocycles. The third-order valence-electron chi connectivity index (χ3n) is 6.10.